The van der Waals surface area contributed by atoms with E-state index in [1.807, 2.05) is 17.0 Å². The molecule has 0 atom stereocenters. The van der Waals surface area contributed by atoms with E-state index in [2.05, 4.69) is 53.7 Å². The number of nitrogens with one attached hydrogen (secondary N) is 2. The zero-order chi connectivity index (χ0) is 29.1. The molecule has 11 heteroatoms. The number of hydroxylamine groups is 1. The van der Waals surface area contributed by atoms with E-state index in [0.29, 0.717) is 41.2 Å². The Labute approximate surface area is 257 Å². The van der Waals surface area contributed by atoms with Crippen LogP contribution in [0.2, 0.25) is 5.02 Å². The van der Waals surface area contributed by atoms with Gasteiger partial charge in [0, 0.05) is 23.4 Å². The summed E-state index contributed by atoms with van der Waals surface area (Å²) in [6.07, 6.45) is 10.7. The van der Waals surface area contributed by atoms with Gasteiger partial charge in [-0.25, -0.2) is 14.9 Å². The fourth-order valence-electron chi connectivity index (χ4n) is 5.52. The zero-order valence-corrected chi connectivity index (χ0v) is 25.5. The number of rotatable bonds is 11. The molecule has 42 heavy (non-hydrogen) atoms. The Kier molecular flexibility index (Phi) is 9.04. The number of imidazole rings is 1. The molecule has 0 bridgehead atoms. The van der Waals surface area contributed by atoms with Crippen molar-refractivity contribution < 1.29 is 14.0 Å². The third-order valence-corrected chi connectivity index (χ3v) is 8.92. The van der Waals surface area contributed by atoms with Gasteiger partial charge in [-0.05, 0) is 106 Å². The number of fused-ring (bicyclic) bond motifs is 1. The van der Waals surface area contributed by atoms with Gasteiger partial charge in [0.05, 0.1) is 40.4 Å². The van der Waals surface area contributed by atoms with Crippen molar-refractivity contribution in [2.45, 2.75) is 44.6 Å². The first-order chi connectivity index (χ1) is 20.5. The van der Waals surface area contributed by atoms with Crippen molar-refractivity contribution in [3.8, 4) is 0 Å². The normalized spacial score (nSPS) is 16.2. The molecule has 1 saturated carbocycles. The number of amides is 1. The number of likely N-dealkylation sites (tertiary alicyclic amines) is 1. The molecule has 1 amide bonds. The largest absolute Gasteiger partial charge is 0.351 e. The Morgan fingerprint density at radius 2 is 1.88 bits per heavy atom. The Balaban J connectivity index is 1.17. The van der Waals surface area contributed by atoms with E-state index in [-0.39, 0.29) is 16.8 Å². The van der Waals surface area contributed by atoms with Crippen molar-refractivity contribution in [3.05, 3.63) is 81.6 Å². The lowest BCUT2D eigenvalue weighted by atomic mass is 9.90. The zero-order valence-electron chi connectivity index (χ0n) is 23.2. The number of carbonyl (C=O) groups excluding carboxylic acids is 1. The van der Waals surface area contributed by atoms with Gasteiger partial charge in [0.25, 0.3) is 5.91 Å². The van der Waals surface area contributed by atoms with Crippen LogP contribution in [-0.4, -0.2) is 51.6 Å². The van der Waals surface area contributed by atoms with E-state index in [0.717, 1.165) is 56.2 Å². The Bertz CT molecular complexity index is 1560. The molecule has 1 saturated heterocycles. The molecule has 1 aliphatic carbocycles. The number of hydrogen-bond donors (Lipinski definition) is 2. The molecular formula is C31H33BrClFN6O2. The fraction of sp³-hybridized carbons (Fsp3) is 0.387. The van der Waals surface area contributed by atoms with E-state index in [1.165, 1.54) is 5.56 Å². The lowest BCUT2D eigenvalue weighted by molar-refractivity contribution is 0.0271. The van der Waals surface area contributed by atoms with Gasteiger partial charge in [0.15, 0.2) is 5.82 Å². The molecule has 2 aromatic heterocycles. The Hall–Kier alpha value is -3.05. The molecule has 1 aliphatic heterocycles. The summed E-state index contributed by atoms with van der Waals surface area (Å²) in [5, 5.41) is 3.41. The second-order valence-corrected chi connectivity index (χ2v) is 12.4. The molecule has 8 nitrogen and oxygen atoms in total. The first kappa shape index (κ1) is 29.0. The molecule has 220 valence electrons. The molecule has 0 spiro atoms. The van der Waals surface area contributed by atoms with Gasteiger partial charge in [-0.3, -0.25) is 14.6 Å². The highest BCUT2D eigenvalue weighted by Crippen LogP contribution is 2.35. The van der Waals surface area contributed by atoms with Gasteiger partial charge in [-0.1, -0.05) is 27.5 Å². The lowest BCUT2D eigenvalue weighted by Crippen LogP contribution is -2.34. The van der Waals surface area contributed by atoms with Crippen LogP contribution in [-0.2, 0) is 11.4 Å². The molecule has 2 aliphatic rings. The number of carbonyl (C=O) groups is 1. The summed E-state index contributed by atoms with van der Waals surface area (Å²) in [5.74, 6) is -0.1000. The van der Waals surface area contributed by atoms with E-state index >= 15 is 4.39 Å². The number of benzene rings is 2. The summed E-state index contributed by atoms with van der Waals surface area (Å²) in [5.41, 5.74) is 5.21. The summed E-state index contributed by atoms with van der Waals surface area (Å²) in [7, 11) is 0. The predicted molar refractivity (Wildman–Crippen MR) is 166 cm³/mol. The fourth-order valence-corrected chi connectivity index (χ4v) is 6.24. The van der Waals surface area contributed by atoms with Crippen LogP contribution in [0.5, 0.6) is 0 Å². The Morgan fingerprint density at radius 3 is 2.62 bits per heavy atom. The first-order valence-corrected chi connectivity index (χ1v) is 15.6. The number of piperidine rings is 1. The van der Waals surface area contributed by atoms with Gasteiger partial charge in [-0.15, -0.1) is 0 Å². The number of halogens is 3. The highest BCUT2D eigenvalue weighted by atomic mass is 79.9. The predicted octanol–water partition coefficient (Wildman–Crippen LogP) is 7.07. The third kappa shape index (κ3) is 6.78. The number of anilines is 2. The molecule has 4 aromatic rings. The summed E-state index contributed by atoms with van der Waals surface area (Å²) in [6, 6.07) is 11.1. The smallest absolute Gasteiger partial charge is 0.277 e. The standard InChI is InChI=1S/C31H33BrClFN6O2/c32-23-4-5-26(25(33)16-23)37-29-24(31(41)38-42-18-20-2-3-20)17-27-30(28(29)34)36-19-40(27)13-1-12-39-14-8-22(9-15-39)21-6-10-35-11-7-21/h4-7,10-11,16-17,19-20,22,37H,1-3,8-9,12-15,18H2,(H,38,41). The summed E-state index contributed by atoms with van der Waals surface area (Å²) >= 11 is 9.79. The van der Waals surface area contributed by atoms with E-state index in [1.54, 1.807) is 30.6 Å². The van der Waals surface area contributed by atoms with Crippen molar-refractivity contribution in [3.63, 3.8) is 0 Å². The summed E-state index contributed by atoms with van der Waals surface area (Å²) in [6.45, 7) is 4.13. The minimum atomic E-state index is -0.615. The molecular weight excluding hydrogens is 623 g/mol. The lowest BCUT2D eigenvalue weighted by Gasteiger charge is -2.32. The maximum Gasteiger partial charge on any atom is 0.277 e. The van der Waals surface area contributed by atoms with Crippen LogP contribution in [0.4, 0.5) is 15.8 Å². The number of hydrogen-bond acceptors (Lipinski definition) is 6. The van der Waals surface area contributed by atoms with Gasteiger partial charge >= 0.3 is 0 Å². The average Bonchev–Trinajstić information content (AvgIpc) is 3.74. The van der Waals surface area contributed by atoms with Crippen LogP contribution in [0.3, 0.4) is 0 Å². The van der Waals surface area contributed by atoms with E-state index in [4.69, 9.17) is 16.4 Å². The Morgan fingerprint density at radius 1 is 1.10 bits per heavy atom. The second kappa shape index (κ2) is 13.1. The van der Waals surface area contributed by atoms with Gasteiger partial charge in [0.2, 0.25) is 0 Å². The van der Waals surface area contributed by atoms with Crippen LogP contribution in [0.15, 0.2) is 59.6 Å². The van der Waals surface area contributed by atoms with Crippen molar-refractivity contribution >= 4 is 55.8 Å². The van der Waals surface area contributed by atoms with E-state index < -0.39 is 11.7 Å². The maximum atomic E-state index is 16.0. The molecule has 6 rings (SSSR count). The summed E-state index contributed by atoms with van der Waals surface area (Å²) in [4.78, 5) is 29.7. The molecule has 3 heterocycles. The van der Waals surface area contributed by atoms with Crippen LogP contribution in [0.1, 0.15) is 53.9 Å². The topological polar surface area (TPSA) is 84.3 Å². The second-order valence-electron chi connectivity index (χ2n) is 11.1. The molecule has 2 N–H and O–H groups in total. The average molecular weight is 656 g/mol. The van der Waals surface area contributed by atoms with Crippen molar-refractivity contribution in [2.75, 3.05) is 31.6 Å². The minimum absolute atomic E-state index is 0.00145. The van der Waals surface area contributed by atoms with Crippen molar-refractivity contribution in [1.82, 2.24) is 24.9 Å². The summed E-state index contributed by atoms with van der Waals surface area (Å²) < 4.78 is 18.7. The molecule has 0 unspecified atom stereocenters. The molecule has 0 radical (unpaired) electrons. The molecule has 2 aromatic carbocycles. The van der Waals surface area contributed by atoms with E-state index in [9.17, 15) is 4.79 Å². The van der Waals surface area contributed by atoms with Crippen molar-refractivity contribution in [1.29, 1.82) is 0 Å². The number of pyridine rings is 1. The quantitative estimate of drug-likeness (QED) is 0.168. The number of nitrogens with zero attached hydrogens (tertiary/aromatic N) is 4. The number of aromatic nitrogens is 3. The first-order valence-electron chi connectivity index (χ1n) is 14.4. The van der Waals surface area contributed by atoms with Crippen LogP contribution in [0.25, 0.3) is 11.0 Å². The monoisotopic (exact) mass is 654 g/mol. The van der Waals surface area contributed by atoms with Crippen LogP contribution < -0.4 is 10.8 Å². The minimum Gasteiger partial charge on any atom is -0.351 e. The van der Waals surface area contributed by atoms with Gasteiger partial charge < -0.3 is 14.8 Å². The van der Waals surface area contributed by atoms with Gasteiger partial charge in [0.1, 0.15) is 5.52 Å². The SMILES string of the molecule is O=C(NOCC1CC1)c1cc2c(ncn2CCCN2CCC(c3ccncc3)CC2)c(F)c1Nc1ccc(Br)cc1Cl. The van der Waals surface area contributed by atoms with Crippen molar-refractivity contribution in [2.24, 2.45) is 5.92 Å². The number of aryl methyl sites for hydroxylation is 1. The highest BCUT2D eigenvalue weighted by molar-refractivity contribution is 9.10. The van der Waals surface area contributed by atoms with Gasteiger partial charge in [-0.2, -0.15) is 0 Å². The van der Waals surface area contributed by atoms with Crippen LogP contribution >= 0.6 is 27.5 Å². The molecule has 2 fully saturated rings. The van der Waals surface area contributed by atoms with Crippen LogP contribution in [0, 0.1) is 11.7 Å². The third-order valence-electron chi connectivity index (χ3n) is 8.11. The maximum absolute atomic E-state index is 16.0. The highest BCUT2D eigenvalue weighted by Gasteiger charge is 2.25.